The topological polar surface area (TPSA) is 37.7 Å². The molecule has 0 amide bonds. The second-order valence-electron chi connectivity index (χ2n) is 6.32. The molecule has 2 rings (SSSR count). The van der Waals surface area contributed by atoms with Crippen LogP contribution in [0.25, 0.3) is 0 Å². The van der Waals surface area contributed by atoms with Crippen molar-refractivity contribution in [3.63, 3.8) is 0 Å². The fraction of sp³-hybridized carbons (Fsp3) is 0.588. The third-order valence-electron chi connectivity index (χ3n) is 4.31. The average molecular weight is 358 g/mol. The van der Waals surface area contributed by atoms with Gasteiger partial charge in [0.25, 0.3) is 0 Å². The molecule has 1 aromatic carbocycles. The predicted octanol–water partition coefficient (Wildman–Crippen LogP) is 2.28. The van der Waals surface area contributed by atoms with E-state index in [9.17, 15) is 8.78 Å². The summed E-state index contributed by atoms with van der Waals surface area (Å²) in [5, 5.41) is 6.76. The number of hydrogen-bond donors (Lipinski definition) is 3. The lowest BCUT2D eigenvalue weighted by Gasteiger charge is -2.27. The number of piperidine rings is 1. The summed E-state index contributed by atoms with van der Waals surface area (Å²) >= 11 is 5.24. The van der Waals surface area contributed by atoms with Gasteiger partial charge in [-0.2, -0.15) is 8.78 Å². The van der Waals surface area contributed by atoms with Crippen LogP contribution in [0.15, 0.2) is 24.3 Å². The van der Waals surface area contributed by atoms with Gasteiger partial charge >= 0.3 is 6.61 Å². The largest absolute Gasteiger partial charge is 0.435 e. The monoisotopic (exact) mass is 358 g/mol. The summed E-state index contributed by atoms with van der Waals surface area (Å²) < 4.78 is 28.5. The highest BCUT2D eigenvalue weighted by Crippen LogP contribution is 2.17. The number of nitrogens with one attached hydrogen (secondary N) is 3. The van der Waals surface area contributed by atoms with E-state index >= 15 is 0 Å². The molecule has 24 heavy (non-hydrogen) atoms. The molecule has 0 bridgehead atoms. The Morgan fingerprint density at radius 1 is 1.29 bits per heavy atom. The lowest BCUT2D eigenvalue weighted by Crippen LogP contribution is -3.13. The molecule has 1 aromatic rings. The zero-order valence-corrected chi connectivity index (χ0v) is 14.8. The standard InChI is InChI=1S/C17H25F2N3OS/c1-13-7-11-22(12-8-13)10-2-9-20-17(24)21-14-3-5-15(6-4-14)23-16(18)19/h3-6,13,16H,2,7-12H2,1H3,(H2,20,21,24)/p+1. The zero-order chi connectivity index (χ0) is 17.4. The molecule has 0 spiro atoms. The minimum absolute atomic E-state index is 0.133. The molecule has 1 aliphatic heterocycles. The van der Waals surface area contributed by atoms with Gasteiger partial charge in [0.2, 0.25) is 0 Å². The molecule has 0 unspecified atom stereocenters. The van der Waals surface area contributed by atoms with E-state index in [1.807, 2.05) is 0 Å². The number of rotatable bonds is 7. The van der Waals surface area contributed by atoms with Crippen LogP contribution in [0.2, 0.25) is 0 Å². The lowest BCUT2D eigenvalue weighted by atomic mass is 9.99. The Kier molecular flexibility index (Phi) is 7.65. The number of alkyl halides is 2. The van der Waals surface area contributed by atoms with Gasteiger partial charge < -0.3 is 20.3 Å². The van der Waals surface area contributed by atoms with Crippen LogP contribution in [-0.2, 0) is 0 Å². The van der Waals surface area contributed by atoms with Gasteiger partial charge in [0.05, 0.1) is 19.6 Å². The number of likely N-dealkylation sites (tertiary alicyclic amines) is 1. The molecule has 0 aromatic heterocycles. The second kappa shape index (κ2) is 9.74. The fourth-order valence-electron chi connectivity index (χ4n) is 2.86. The number of benzene rings is 1. The summed E-state index contributed by atoms with van der Waals surface area (Å²) in [6.45, 7) is 4.07. The maximum Gasteiger partial charge on any atom is 0.387 e. The minimum Gasteiger partial charge on any atom is -0.435 e. The quantitative estimate of drug-likeness (QED) is 0.516. The first-order valence-electron chi connectivity index (χ1n) is 8.46. The Morgan fingerprint density at radius 2 is 1.96 bits per heavy atom. The van der Waals surface area contributed by atoms with Crippen LogP contribution < -0.4 is 20.3 Å². The summed E-state index contributed by atoms with van der Waals surface area (Å²) in [6.07, 6.45) is 3.73. The molecular formula is C17H26F2N3OS+. The van der Waals surface area contributed by atoms with E-state index in [0.29, 0.717) is 5.11 Å². The highest BCUT2D eigenvalue weighted by molar-refractivity contribution is 7.80. The van der Waals surface area contributed by atoms with Crippen molar-refractivity contribution in [2.75, 3.05) is 31.5 Å². The van der Waals surface area contributed by atoms with Crippen molar-refractivity contribution in [1.82, 2.24) is 5.32 Å². The number of halogens is 2. The van der Waals surface area contributed by atoms with Gasteiger partial charge in [-0.25, -0.2) is 0 Å². The second-order valence-corrected chi connectivity index (χ2v) is 6.73. The van der Waals surface area contributed by atoms with Gasteiger partial charge in [-0.3, -0.25) is 0 Å². The lowest BCUT2D eigenvalue weighted by molar-refractivity contribution is -0.906. The van der Waals surface area contributed by atoms with Crippen molar-refractivity contribution in [1.29, 1.82) is 0 Å². The molecule has 134 valence electrons. The van der Waals surface area contributed by atoms with Crippen LogP contribution in [0.5, 0.6) is 5.75 Å². The molecule has 0 atom stereocenters. The summed E-state index contributed by atoms with van der Waals surface area (Å²) in [5.74, 6) is 1.01. The van der Waals surface area contributed by atoms with E-state index < -0.39 is 6.61 Å². The highest BCUT2D eigenvalue weighted by Gasteiger charge is 2.17. The molecule has 0 aliphatic carbocycles. The normalized spacial score (nSPS) is 20.7. The number of hydrogen-bond acceptors (Lipinski definition) is 2. The van der Waals surface area contributed by atoms with Crippen LogP contribution >= 0.6 is 12.2 Å². The van der Waals surface area contributed by atoms with Crippen molar-refractivity contribution in [2.45, 2.75) is 32.8 Å². The molecule has 1 fully saturated rings. The van der Waals surface area contributed by atoms with Crippen molar-refractivity contribution >= 4 is 23.0 Å². The van der Waals surface area contributed by atoms with E-state index in [2.05, 4.69) is 22.3 Å². The predicted molar refractivity (Wildman–Crippen MR) is 95.9 cm³/mol. The smallest absolute Gasteiger partial charge is 0.387 e. The molecule has 1 saturated heterocycles. The van der Waals surface area contributed by atoms with Crippen LogP contribution in [0.1, 0.15) is 26.2 Å². The third-order valence-corrected chi connectivity index (χ3v) is 4.56. The first kappa shape index (κ1) is 18.9. The molecule has 7 heteroatoms. The SMILES string of the molecule is CC1CC[NH+](CCCNC(=S)Nc2ccc(OC(F)F)cc2)CC1. The Morgan fingerprint density at radius 3 is 2.58 bits per heavy atom. The van der Waals surface area contributed by atoms with E-state index in [1.165, 1.54) is 44.6 Å². The van der Waals surface area contributed by atoms with E-state index in [-0.39, 0.29) is 5.75 Å². The van der Waals surface area contributed by atoms with Crippen LogP contribution in [0, 0.1) is 5.92 Å². The molecular weight excluding hydrogens is 332 g/mol. The van der Waals surface area contributed by atoms with Gasteiger partial charge in [-0.1, -0.05) is 6.92 Å². The Bertz CT molecular complexity index is 505. The van der Waals surface area contributed by atoms with Crippen molar-refractivity contribution in [3.8, 4) is 5.75 Å². The number of thiocarbonyl (C=S) groups is 1. The Hall–Kier alpha value is -1.47. The molecule has 3 N–H and O–H groups in total. The maximum absolute atomic E-state index is 12.1. The first-order chi connectivity index (χ1) is 11.5. The van der Waals surface area contributed by atoms with Crippen molar-refractivity contribution in [3.05, 3.63) is 24.3 Å². The highest BCUT2D eigenvalue weighted by atomic mass is 32.1. The fourth-order valence-corrected chi connectivity index (χ4v) is 3.08. The molecule has 0 radical (unpaired) electrons. The van der Waals surface area contributed by atoms with E-state index in [1.54, 1.807) is 17.0 Å². The number of ether oxygens (including phenoxy) is 1. The summed E-state index contributed by atoms with van der Waals surface area (Å²) in [7, 11) is 0. The van der Waals surface area contributed by atoms with E-state index in [4.69, 9.17) is 12.2 Å². The van der Waals surface area contributed by atoms with Crippen LogP contribution in [-0.4, -0.2) is 37.9 Å². The summed E-state index contributed by atoms with van der Waals surface area (Å²) in [5.41, 5.74) is 0.741. The van der Waals surface area contributed by atoms with Gasteiger partial charge in [-0.05, 0) is 55.2 Å². The Labute approximate surface area is 147 Å². The molecule has 4 nitrogen and oxygen atoms in total. The number of quaternary nitrogens is 1. The summed E-state index contributed by atoms with van der Waals surface area (Å²) in [6, 6.07) is 6.28. The first-order valence-corrected chi connectivity index (χ1v) is 8.87. The van der Waals surface area contributed by atoms with Gasteiger partial charge in [0, 0.05) is 18.7 Å². The molecule has 1 heterocycles. The van der Waals surface area contributed by atoms with E-state index in [0.717, 1.165) is 24.6 Å². The number of anilines is 1. The van der Waals surface area contributed by atoms with Gasteiger partial charge in [0.15, 0.2) is 5.11 Å². The molecule has 0 saturated carbocycles. The van der Waals surface area contributed by atoms with Crippen LogP contribution in [0.4, 0.5) is 14.5 Å². The molecule has 1 aliphatic rings. The van der Waals surface area contributed by atoms with Gasteiger partial charge in [0.1, 0.15) is 5.75 Å². The maximum atomic E-state index is 12.1. The Balaban J connectivity index is 1.61. The van der Waals surface area contributed by atoms with Crippen molar-refractivity contribution < 1.29 is 18.4 Å². The minimum atomic E-state index is -2.81. The van der Waals surface area contributed by atoms with Crippen LogP contribution in [0.3, 0.4) is 0 Å². The summed E-state index contributed by atoms with van der Waals surface area (Å²) in [4.78, 5) is 1.68. The van der Waals surface area contributed by atoms with Crippen molar-refractivity contribution in [2.24, 2.45) is 5.92 Å². The third kappa shape index (κ3) is 6.97. The zero-order valence-electron chi connectivity index (χ0n) is 14.0. The average Bonchev–Trinajstić information content (AvgIpc) is 2.55. The van der Waals surface area contributed by atoms with Gasteiger partial charge in [-0.15, -0.1) is 0 Å².